The first kappa shape index (κ1) is 20.0. The van der Waals surface area contributed by atoms with Crippen molar-refractivity contribution in [3.05, 3.63) is 36.3 Å². The number of benzene rings is 1. The monoisotopic (exact) mass is 408 g/mol. The van der Waals surface area contributed by atoms with Crippen LogP contribution in [0.3, 0.4) is 0 Å². The fraction of sp³-hybridized carbons (Fsp3) is 0.333. The van der Waals surface area contributed by atoms with E-state index in [2.05, 4.69) is 16.0 Å². The average Bonchev–Trinajstić information content (AvgIpc) is 3.09. The van der Waals surface area contributed by atoms with E-state index in [1.165, 1.54) is 17.4 Å². The first-order chi connectivity index (χ1) is 13.2. The van der Waals surface area contributed by atoms with E-state index in [0.717, 1.165) is 20.9 Å². The maximum Gasteiger partial charge on any atom is 0.236 e. The molecule has 0 radical (unpaired) electrons. The van der Waals surface area contributed by atoms with Gasteiger partial charge in [-0.05, 0) is 30.3 Å². The quantitative estimate of drug-likeness (QED) is 0.302. The Hall–Kier alpha value is -1.78. The van der Waals surface area contributed by atoms with Gasteiger partial charge in [0, 0.05) is 10.6 Å². The summed E-state index contributed by atoms with van der Waals surface area (Å²) < 4.78 is 25.2. The molecule has 3 N–H and O–H groups in total. The highest BCUT2D eigenvalue weighted by Gasteiger charge is 2.10. The van der Waals surface area contributed by atoms with E-state index in [1.54, 1.807) is 17.8 Å². The van der Waals surface area contributed by atoms with E-state index in [0.29, 0.717) is 37.1 Å². The van der Waals surface area contributed by atoms with E-state index in [9.17, 15) is 4.39 Å². The van der Waals surface area contributed by atoms with Gasteiger partial charge in [0.15, 0.2) is 0 Å². The Morgan fingerprint density at radius 2 is 1.89 bits per heavy atom. The van der Waals surface area contributed by atoms with Crippen LogP contribution in [0.25, 0.3) is 20.9 Å². The van der Waals surface area contributed by atoms with Crippen LogP contribution in [0.1, 0.15) is 0 Å². The maximum atomic E-state index is 13.6. The molecule has 0 spiro atoms. The number of hydrogen-bond acceptors (Lipinski definition) is 8. The van der Waals surface area contributed by atoms with Crippen molar-refractivity contribution in [3.8, 4) is 10.7 Å². The van der Waals surface area contributed by atoms with Crippen molar-refractivity contribution in [2.75, 3.05) is 44.5 Å². The molecule has 6 nitrogen and oxygen atoms in total. The summed E-state index contributed by atoms with van der Waals surface area (Å²) in [5.41, 5.74) is 6.84. The number of nitrogens with zero attached hydrogens (tertiary/aromatic N) is 2. The number of thiazole rings is 1. The molecule has 0 atom stereocenters. The van der Waals surface area contributed by atoms with Crippen molar-refractivity contribution in [2.24, 2.45) is 0 Å². The Balaban J connectivity index is 1.55. The third kappa shape index (κ3) is 5.60. The number of nitrogens with two attached hydrogens (primary N) is 1. The number of ether oxygens (including phenoxy) is 2. The largest absolute Gasteiger partial charge is 0.395 e. The second kappa shape index (κ2) is 9.95. The Morgan fingerprint density at radius 3 is 2.67 bits per heavy atom. The summed E-state index contributed by atoms with van der Waals surface area (Å²) in [5.74, 6) is 0.145. The number of fused-ring (bicyclic) bond motifs is 1. The van der Waals surface area contributed by atoms with Crippen LogP contribution in [0.15, 0.2) is 35.2 Å². The first-order valence-electron chi connectivity index (χ1n) is 8.39. The number of pyridine rings is 1. The third-order valence-corrected chi connectivity index (χ3v) is 5.56. The zero-order chi connectivity index (χ0) is 19.1. The van der Waals surface area contributed by atoms with Crippen LogP contribution in [0.5, 0.6) is 0 Å². The lowest BCUT2D eigenvalue weighted by molar-refractivity contribution is 0.0377. The van der Waals surface area contributed by atoms with Crippen LogP contribution < -0.4 is 5.73 Å². The van der Waals surface area contributed by atoms with Gasteiger partial charge in [0.25, 0.3) is 0 Å². The van der Waals surface area contributed by atoms with Crippen LogP contribution in [0.4, 0.5) is 10.1 Å². The number of aliphatic hydroxyl groups is 1. The summed E-state index contributed by atoms with van der Waals surface area (Å²) in [6, 6.07) is 9.21. The summed E-state index contributed by atoms with van der Waals surface area (Å²) >= 11 is 3.17. The topological polar surface area (TPSA) is 90.5 Å². The van der Waals surface area contributed by atoms with Crippen molar-refractivity contribution in [3.63, 3.8) is 0 Å². The van der Waals surface area contributed by atoms with Crippen molar-refractivity contribution in [1.29, 1.82) is 0 Å². The summed E-state index contributed by atoms with van der Waals surface area (Å²) in [5, 5.41) is 9.26. The number of anilines is 1. The van der Waals surface area contributed by atoms with Gasteiger partial charge in [0.2, 0.25) is 5.95 Å². The van der Waals surface area contributed by atoms with E-state index in [1.807, 2.05) is 12.1 Å². The Labute approximate surface area is 164 Å². The molecule has 0 saturated carbocycles. The normalized spacial score (nSPS) is 11.3. The molecular weight excluding hydrogens is 388 g/mol. The molecule has 2 aromatic heterocycles. The zero-order valence-corrected chi connectivity index (χ0v) is 16.2. The minimum absolute atomic E-state index is 0.0284. The minimum atomic E-state index is -0.676. The molecule has 3 aromatic rings. The highest BCUT2D eigenvalue weighted by molar-refractivity contribution is 7.99. The fourth-order valence-corrected chi connectivity index (χ4v) is 4.13. The van der Waals surface area contributed by atoms with Gasteiger partial charge < -0.3 is 20.3 Å². The minimum Gasteiger partial charge on any atom is -0.395 e. The van der Waals surface area contributed by atoms with E-state index < -0.39 is 5.95 Å². The van der Waals surface area contributed by atoms with Gasteiger partial charge in [-0.2, -0.15) is 4.39 Å². The van der Waals surface area contributed by atoms with Gasteiger partial charge in [-0.25, -0.2) is 9.97 Å². The van der Waals surface area contributed by atoms with Crippen LogP contribution in [0.2, 0.25) is 0 Å². The Kier molecular flexibility index (Phi) is 7.36. The molecule has 3 rings (SSSR count). The smallest absolute Gasteiger partial charge is 0.236 e. The van der Waals surface area contributed by atoms with E-state index >= 15 is 0 Å². The molecule has 144 valence electrons. The van der Waals surface area contributed by atoms with Crippen LogP contribution >= 0.6 is 23.1 Å². The second-order valence-corrected chi connectivity index (χ2v) is 7.72. The van der Waals surface area contributed by atoms with Gasteiger partial charge in [-0.15, -0.1) is 23.1 Å². The summed E-state index contributed by atoms with van der Waals surface area (Å²) in [7, 11) is 0. The summed E-state index contributed by atoms with van der Waals surface area (Å²) in [4.78, 5) is 9.51. The van der Waals surface area contributed by atoms with E-state index in [-0.39, 0.29) is 12.3 Å². The number of rotatable bonds is 10. The van der Waals surface area contributed by atoms with Gasteiger partial charge in [-0.1, -0.05) is 0 Å². The van der Waals surface area contributed by atoms with E-state index in [4.69, 9.17) is 20.3 Å². The molecule has 0 aliphatic rings. The number of thioether (sulfide) groups is 1. The van der Waals surface area contributed by atoms with Crippen molar-refractivity contribution >= 4 is 39.0 Å². The van der Waals surface area contributed by atoms with Gasteiger partial charge in [0.05, 0.1) is 48.9 Å². The van der Waals surface area contributed by atoms with Crippen molar-refractivity contribution in [2.45, 2.75) is 4.90 Å². The lowest BCUT2D eigenvalue weighted by atomic mass is 10.3. The van der Waals surface area contributed by atoms with Gasteiger partial charge in [0.1, 0.15) is 10.7 Å². The molecule has 0 bridgehead atoms. The highest BCUT2D eigenvalue weighted by atomic mass is 32.2. The number of hydrogen-bond donors (Lipinski definition) is 2. The first-order valence-corrected chi connectivity index (χ1v) is 10.2. The lowest BCUT2D eigenvalue weighted by Gasteiger charge is -2.05. The van der Waals surface area contributed by atoms with Crippen LogP contribution in [-0.4, -0.2) is 53.9 Å². The number of aliphatic hydroxyl groups excluding tert-OH is 1. The SMILES string of the molecule is Nc1ccc(-c2nc3ccc(SCCOCCOCCO)cc3s2)nc1[18F]. The van der Waals surface area contributed by atoms with Gasteiger partial charge in [-0.3, -0.25) is 0 Å². The number of nitrogen functional groups attached to an aromatic ring is 1. The predicted octanol–water partition coefficient (Wildman–Crippen LogP) is 3.20. The number of aromatic nitrogens is 2. The van der Waals surface area contributed by atoms with Crippen LogP contribution in [0, 0.1) is 5.95 Å². The predicted molar refractivity (Wildman–Crippen MR) is 107 cm³/mol. The highest BCUT2D eigenvalue weighted by Crippen LogP contribution is 2.32. The standard InChI is InChI=1S/C18H20FN3O3S2/c19-17-13(20)2-4-15(21-17)18-22-14-3-1-12(11-16(14)27-18)26-10-9-25-8-7-24-6-5-23/h1-4,11,23H,5-10,20H2/i19-1. The average molecular weight is 409 g/mol. The molecule has 0 unspecified atom stereocenters. The number of halogens is 1. The Bertz CT molecular complexity index is 891. The van der Waals surface area contributed by atoms with Crippen LogP contribution in [-0.2, 0) is 9.47 Å². The summed E-state index contributed by atoms with van der Waals surface area (Å²) in [6.45, 7) is 1.99. The summed E-state index contributed by atoms with van der Waals surface area (Å²) in [6.07, 6.45) is 0. The molecule has 0 saturated heterocycles. The lowest BCUT2D eigenvalue weighted by Crippen LogP contribution is -2.08. The molecule has 27 heavy (non-hydrogen) atoms. The van der Waals surface area contributed by atoms with Crippen molar-refractivity contribution in [1.82, 2.24) is 9.97 Å². The maximum absolute atomic E-state index is 13.6. The molecule has 0 fully saturated rings. The molecule has 9 heteroatoms. The van der Waals surface area contributed by atoms with Gasteiger partial charge >= 0.3 is 0 Å². The third-order valence-electron chi connectivity index (χ3n) is 3.56. The molecule has 0 aliphatic carbocycles. The Morgan fingerprint density at radius 1 is 1.07 bits per heavy atom. The zero-order valence-electron chi connectivity index (χ0n) is 14.6. The van der Waals surface area contributed by atoms with Crippen molar-refractivity contribution < 1.29 is 19.0 Å². The fourth-order valence-electron chi connectivity index (χ4n) is 2.27. The molecule has 0 aliphatic heterocycles. The second-order valence-electron chi connectivity index (χ2n) is 5.52. The molecular formula is C18H20FN3O3S2. The molecule has 1 aromatic carbocycles. The molecule has 0 amide bonds. The molecule has 2 heterocycles.